The van der Waals surface area contributed by atoms with Gasteiger partial charge in [0.25, 0.3) is 0 Å². The predicted octanol–water partition coefficient (Wildman–Crippen LogP) is 2.79. The van der Waals surface area contributed by atoms with Crippen LogP contribution in [0.15, 0.2) is 18.6 Å². The van der Waals surface area contributed by atoms with Crippen molar-refractivity contribution in [3.8, 4) is 0 Å². The number of halogens is 3. The molecule has 194 valence electrons. The van der Waals surface area contributed by atoms with Crippen LogP contribution in [-0.2, 0) is 11.3 Å². The monoisotopic (exact) mass is 496 g/mol. The van der Waals surface area contributed by atoms with E-state index in [2.05, 4.69) is 14.9 Å². The number of primary amides is 1. The van der Waals surface area contributed by atoms with Gasteiger partial charge in [0.1, 0.15) is 17.8 Å². The molecule has 8 nitrogen and oxygen atoms in total. The summed E-state index contributed by atoms with van der Waals surface area (Å²) < 4.78 is 41.1. The Morgan fingerprint density at radius 3 is 2.60 bits per heavy atom. The van der Waals surface area contributed by atoms with Crippen molar-refractivity contribution in [1.29, 1.82) is 0 Å². The first-order chi connectivity index (χ1) is 16.7. The van der Waals surface area contributed by atoms with Gasteiger partial charge in [0, 0.05) is 38.3 Å². The molecule has 4 rings (SSSR count). The summed E-state index contributed by atoms with van der Waals surface area (Å²) in [5.74, 6) is -0.538. The quantitative estimate of drug-likeness (QED) is 0.583. The van der Waals surface area contributed by atoms with Crippen molar-refractivity contribution in [2.45, 2.75) is 57.9 Å². The second-order valence-electron chi connectivity index (χ2n) is 10.0. The molecule has 1 amide bonds. The Hall–Kier alpha value is -2.40. The van der Waals surface area contributed by atoms with E-state index >= 15 is 0 Å². The maximum atomic E-state index is 13.0. The Labute approximate surface area is 203 Å². The number of aliphatic hydroxyl groups is 1. The minimum Gasteiger partial charge on any atom is -0.391 e. The minimum atomic E-state index is -4.09. The third-order valence-corrected chi connectivity index (χ3v) is 7.62. The van der Waals surface area contributed by atoms with Gasteiger partial charge in [-0.05, 0) is 57.6 Å². The van der Waals surface area contributed by atoms with Gasteiger partial charge in [0.2, 0.25) is 5.91 Å². The molecule has 0 radical (unpaired) electrons. The summed E-state index contributed by atoms with van der Waals surface area (Å²) in [6.07, 6.45) is 1.10. The van der Waals surface area contributed by atoms with Gasteiger partial charge >= 0.3 is 6.18 Å². The lowest BCUT2D eigenvalue weighted by molar-refractivity contribution is -0.183. The highest BCUT2D eigenvalue weighted by Gasteiger charge is 2.41. The molecule has 1 aliphatic heterocycles. The number of anilines is 1. The predicted molar refractivity (Wildman–Crippen MR) is 127 cm³/mol. The molecule has 1 saturated heterocycles. The number of aromatic nitrogens is 3. The number of aliphatic hydroxyl groups excluding tert-OH is 1. The highest BCUT2D eigenvalue weighted by Crippen LogP contribution is 2.40. The van der Waals surface area contributed by atoms with Crippen LogP contribution >= 0.6 is 0 Å². The SMILES string of the molecule is CCN(CC1CCC(C(F)(F)F)CC1)c1ncnc2c1ccn2C[C@@H]1CCN(CC(N)=O)C[C@H]1O. The van der Waals surface area contributed by atoms with Crippen LogP contribution in [0.1, 0.15) is 39.0 Å². The van der Waals surface area contributed by atoms with Crippen molar-refractivity contribution in [3.05, 3.63) is 18.6 Å². The number of likely N-dealkylation sites (tertiary alicyclic amines) is 1. The fraction of sp³-hybridized carbons (Fsp3) is 0.708. The number of piperidine rings is 1. The molecule has 0 unspecified atom stereocenters. The molecule has 2 aliphatic rings. The maximum Gasteiger partial charge on any atom is 0.391 e. The first-order valence-corrected chi connectivity index (χ1v) is 12.5. The molecule has 11 heteroatoms. The zero-order chi connectivity index (χ0) is 25.2. The van der Waals surface area contributed by atoms with Crippen molar-refractivity contribution in [2.24, 2.45) is 23.5 Å². The Balaban J connectivity index is 1.43. The molecular weight excluding hydrogens is 461 g/mol. The van der Waals surface area contributed by atoms with Gasteiger partial charge in [-0.15, -0.1) is 0 Å². The summed E-state index contributed by atoms with van der Waals surface area (Å²) >= 11 is 0. The van der Waals surface area contributed by atoms with Gasteiger partial charge in [0.05, 0.1) is 24.0 Å². The average Bonchev–Trinajstić information content (AvgIpc) is 3.21. The van der Waals surface area contributed by atoms with Crippen LogP contribution < -0.4 is 10.6 Å². The number of carbonyl (C=O) groups is 1. The Morgan fingerprint density at radius 2 is 1.97 bits per heavy atom. The molecule has 1 aliphatic carbocycles. The molecule has 0 bridgehead atoms. The molecule has 0 spiro atoms. The van der Waals surface area contributed by atoms with Crippen LogP contribution in [0.3, 0.4) is 0 Å². The van der Waals surface area contributed by atoms with Gasteiger partial charge < -0.3 is 20.3 Å². The van der Waals surface area contributed by atoms with Crippen LogP contribution in [0.25, 0.3) is 11.0 Å². The van der Waals surface area contributed by atoms with Gasteiger partial charge in [-0.1, -0.05) is 0 Å². The number of rotatable bonds is 8. The van der Waals surface area contributed by atoms with E-state index in [0.29, 0.717) is 45.6 Å². The summed E-state index contributed by atoms with van der Waals surface area (Å²) in [6, 6.07) is 1.97. The second kappa shape index (κ2) is 10.7. The van der Waals surface area contributed by atoms with Crippen LogP contribution in [0, 0.1) is 17.8 Å². The molecule has 3 N–H and O–H groups in total. The second-order valence-corrected chi connectivity index (χ2v) is 10.0. The summed E-state index contributed by atoms with van der Waals surface area (Å²) in [6.45, 7) is 5.26. The number of hydrogen-bond acceptors (Lipinski definition) is 6. The molecule has 0 aromatic carbocycles. The van der Waals surface area contributed by atoms with E-state index in [4.69, 9.17) is 5.73 Å². The van der Waals surface area contributed by atoms with Crippen LogP contribution in [0.5, 0.6) is 0 Å². The zero-order valence-electron chi connectivity index (χ0n) is 20.1. The lowest BCUT2D eigenvalue weighted by atomic mass is 9.81. The standard InChI is InChI=1S/C24H35F3N6O2/c1-2-32(11-16-3-5-18(6-4-16)24(25,26)27)22-19-8-10-33(23(19)30-15-29-22)12-17-7-9-31(13-20(17)34)14-21(28)35/h8,10,15-18,20,34H,2-7,9,11-14H2,1H3,(H2,28,35)/t16?,17-,18?,20+/m0/s1. The first-order valence-electron chi connectivity index (χ1n) is 12.5. The number of hydrogen-bond donors (Lipinski definition) is 2. The fourth-order valence-electron chi connectivity index (χ4n) is 5.61. The van der Waals surface area contributed by atoms with E-state index in [9.17, 15) is 23.1 Å². The Kier molecular flexibility index (Phi) is 7.85. The molecule has 35 heavy (non-hydrogen) atoms. The summed E-state index contributed by atoms with van der Waals surface area (Å²) in [4.78, 5) is 24.2. The number of β-amino-alcohol motifs (C(OH)–C–C–N with tert-alkyl or cyclic N) is 1. The van der Waals surface area contributed by atoms with E-state index in [-0.39, 0.29) is 31.2 Å². The zero-order valence-corrected chi connectivity index (χ0v) is 20.1. The van der Waals surface area contributed by atoms with Crippen molar-refractivity contribution < 1.29 is 23.1 Å². The molecule has 2 aromatic rings. The highest BCUT2D eigenvalue weighted by molar-refractivity contribution is 5.87. The molecule has 2 aromatic heterocycles. The summed E-state index contributed by atoms with van der Waals surface area (Å²) in [5, 5.41) is 11.5. The van der Waals surface area contributed by atoms with Crippen LogP contribution in [0.4, 0.5) is 19.0 Å². The Bertz CT molecular complexity index is 1000. The lowest BCUT2D eigenvalue weighted by Crippen LogP contribution is -2.47. The smallest absolute Gasteiger partial charge is 0.391 e. The topological polar surface area (TPSA) is 101 Å². The minimum absolute atomic E-state index is 0.0271. The molecular formula is C24H35F3N6O2. The first kappa shape index (κ1) is 25.7. The number of fused-ring (bicyclic) bond motifs is 1. The maximum absolute atomic E-state index is 13.0. The van der Waals surface area contributed by atoms with Gasteiger partial charge in [-0.25, -0.2) is 9.97 Å². The number of amides is 1. The van der Waals surface area contributed by atoms with Gasteiger partial charge in [-0.2, -0.15) is 13.2 Å². The number of nitrogens with zero attached hydrogens (tertiary/aromatic N) is 5. The van der Waals surface area contributed by atoms with Crippen molar-refractivity contribution >= 4 is 22.8 Å². The largest absolute Gasteiger partial charge is 0.391 e. The average molecular weight is 497 g/mol. The number of alkyl halides is 3. The molecule has 2 atom stereocenters. The lowest BCUT2D eigenvalue weighted by Gasteiger charge is -2.35. The van der Waals surface area contributed by atoms with Crippen molar-refractivity contribution in [3.63, 3.8) is 0 Å². The molecule has 2 fully saturated rings. The van der Waals surface area contributed by atoms with Crippen LogP contribution in [0.2, 0.25) is 0 Å². The Morgan fingerprint density at radius 1 is 1.23 bits per heavy atom. The summed E-state index contributed by atoms with van der Waals surface area (Å²) in [7, 11) is 0. The number of nitrogens with two attached hydrogens (primary N) is 1. The molecule has 1 saturated carbocycles. The van der Waals surface area contributed by atoms with Gasteiger partial charge in [-0.3, -0.25) is 9.69 Å². The third kappa shape index (κ3) is 6.06. The van der Waals surface area contributed by atoms with E-state index < -0.39 is 24.1 Å². The van der Waals surface area contributed by atoms with Gasteiger partial charge in [0.15, 0.2) is 0 Å². The molecule has 3 heterocycles. The van der Waals surface area contributed by atoms with E-state index in [1.807, 2.05) is 28.7 Å². The highest BCUT2D eigenvalue weighted by atomic mass is 19.4. The van der Waals surface area contributed by atoms with E-state index in [1.165, 1.54) is 6.33 Å². The summed E-state index contributed by atoms with van der Waals surface area (Å²) in [5.41, 5.74) is 6.06. The van der Waals surface area contributed by atoms with E-state index in [1.54, 1.807) is 0 Å². The third-order valence-electron chi connectivity index (χ3n) is 7.62. The van der Waals surface area contributed by atoms with E-state index in [0.717, 1.165) is 23.3 Å². The van der Waals surface area contributed by atoms with Crippen molar-refractivity contribution in [2.75, 3.05) is 37.6 Å². The van der Waals surface area contributed by atoms with Crippen molar-refractivity contribution in [1.82, 2.24) is 19.4 Å². The normalized spacial score (nSPS) is 26.2. The fourth-order valence-corrected chi connectivity index (χ4v) is 5.61. The van der Waals surface area contributed by atoms with Crippen LogP contribution in [-0.4, -0.2) is 75.5 Å². The number of carbonyl (C=O) groups excluding carboxylic acids is 1.